The fourth-order valence-electron chi connectivity index (χ4n) is 1.05. The lowest BCUT2D eigenvalue weighted by molar-refractivity contribution is 0.0601. The van der Waals surface area contributed by atoms with Crippen molar-refractivity contribution in [1.82, 2.24) is 5.32 Å². The van der Waals surface area contributed by atoms with Gasteiger partial charge in [0, 0.05) is 16.8 Å². The standard InChI is InChI=1S/C9H13NO3S/c1-10-4-7(11)8-3-6(5-14-8)9(12)13-2/h3,5,7,10-11H,4H2,1-2H3. The molecule has 0 amide bonds. The molecule has 0 aliphatic rings. The number of thiophene rings is 1. The van der Waals surface area contributed by atoms with Crippen LogP contribution in [0.25, 0.3) is 0 Å². The van der Waals surface area contributed by atoms with Gasteiger partial charge in [-0.05, 0) is 13.1 Å². The van der Waals surface area contributed by atoms with Gasteiger partial charge in [0.05, 0.1) is 12.7 Å². The van der Waals surface area contributed by atoms with Crippen LogP contribution >= 0.6 is 11.3 Å². The highest BCUT2D eigenvalue weighted by atomic mass is 32.1. The number of rotatable bonds is 4. The molecule has 78 valence electrons. The molecule has 0 saturated carbocycles. The van der Waals surface area contributed by atoms with Gasteiger partial charge in [0.2, 0.25) is 0 Å². The van der Waals surface area contributed by atoms with E-state index in [0.717, 1.165) is 4.88 Å². The van der Waals surface area contributed by atoms with Crippen molar-refractivity contribution in [2.75, 3.05) is 20.7 Å². The highest BCUT2D eigenvalue weighted by Gasteiger charge is 2.13. The quantitative estimate of drug-likeness (QED) is 0.729. The van der Waals surface area contributed by atoms with Crippen LogP contribution in [0.2, 0.25) is 0 Å². The van der Waals surface area contributed by atoms with E-state index >= 15 is 0 Å². The molecule has 0 radical (unpaired) electrons. The molecule has 0 bridgehead atoms. The van der Waals surface area contributed by atoms with Crippen molar-refractivity contribution < 1.29 is 14.6 Å². The van der Waals surface area contributed by atoms with Gasteiger partial charge in [-0.3, -0.25) is 0 Å². The van der Waals surface area contributed by atoms with Crippen LogP contribution in [0.1, 0.15) is 21.3 Å². The molecule has 0 spiro atoms. The molecular formula is C9H13NO3S. The summed E-state index contributed by atoms with van der Waals surface area (Å²) in [5.41, 5.74) is 0.489. The summed E-state index contributed by atoms with van der Waals surface area (Å²) in [6.07, 6.45) is -0.566. The zero-order valence-electron chi connectivity index (χ0n) is 8.11. The summed E-state index contributed by atoms with van der Waals surface area (Å²) in [4.78, 5) is 11.9. The molecular weight excluding hydrogens is 202 g/mol. The molecule has 1 atom stereocenters. The normalized spacial score (nSPS) is 12.5. The molecule has 5 heteroatoms. The molecule has 0 aliphatic carbocycles. The van der Waals surface area contributed by atoms with Crippen molar-refractivity contribution in [3.63, 3.8) is 0 Å². The van der Waals surface area contributed by atoms with Crippen LogP contribution in [0, 0.1) is 0 Å². The Morgan fingerprint density at radius 1 is 1.79 bits per heavy atom. The Morgan fingerprint density at radius 3 is 3.07 bits per heavy atom. The maximum atomic E-state index is 11.1. The van der Waals surface area contributed by atoms with Crippen LogP contribution in [0.5, 0.6) is 0 Å². The lowest BCUT2D eigenvalue weighted by Crippen LogP contribution is -2.15. The summed E-state index contributed by atoms with van der Waals surface area (Å²) in [6.45, 7) is 0.473. The van der Waals surface area contributed by atoms with Gasteiger partial charge in [0.1, 0.15) is 6.10 Å². The Kier molecular flexibility index (Phi) is 4.06. The summed E-state index contributed by atoms with van der Waals surface area (Å²) >= 11 is 1.35. The largest absolute Gasteiger partial charge is 0.465 e. The van der Waals surface area contributed by atoms with Gasteiger partial charge in [-0.1, -0.05) is 0 Å². The van der Waals surface area contributed by atoms with Crippen LogP contribution in [0.3, 0.4) is 0 Å². The fourth-order valence-corrected chi connectivity index (χ4v) is 1.91. The molecule has 1 unspecified atom stereocenters. The number of esters is 1. The molecule has 0 aliphatic heterocycles. The predicted octanol–water partition coefficient (Wildman–Crippen LogP) is 0.788. The number of aliphatic hydroxyl groups excluding tert-OH is 1. The van der Waals surface area contributed by atoms with E-state index in [1.807, 2.05) is 0 Å². The van der Waals surface area contributed by atoms with E-state index in [0.29, 0.717) is 12.1 Å². The number of methoxy groups -OCH3 is 1. The van der Waals surface area contributed by atoms with Crippen molar-refractivity contribution in [3.8, 4) is 0 Å². The minimum atomic E-state index is -0.566. The highest BCUT2D eigenvalue weighted by molar-refractivity contribution is 7.10. The molecule has 4 nitrogen and oxygen atoms in total. The summed E-state index contributed by atoms with van der Waals surface area (Å²) in [5, 5.41) is 14.1. The van der Waals surface area contributed by atoms with E-state index in [-0.39, 0.29) is 5.97 Å². The second-order valence-electron chi connectivity index (χ2n) is 2.80. The summed E-state index contributed by atoms with van der Waals surface area (Å²) in [7, 11) is 3.10. The molecule has 1 aromatic rings. The molecule has 0 aromatic carbocycles. The Balaban J connectivity index is 2.72. The van der Waals surface area contributed by atoms with Crippen LogP contribution in [-0.2, 0) is 4.74 Å². The molecule has 0 saturated heterocycles. The van der Waals surface area contributed by atoms with Crippen molar-refractivity contribution in [3.05, 3.63) is 21.9 Å². The molecule has 0 fully saturated rings. The van der Waals surface area contributed by atoms with Gasteiger partial charge in [-0.25, -0.2) is 4.79 Å². The van der Waals surface area contributed by atoms with Gasteiger partial charge in [0.15, 0.2) is 0 Å². The van der Waals surface area contributed by atoms with E-state index in [1.165, 1.54) is 18.4 Å². The monoisotopic (exact) mass is 215 g/mol. The Morgan fingerprint density at radius 2 is 2.50 bits per heavy atom. The van der Waals surface area contributed by atoms with Gasteiger partial charge >= 0.3 is 5.97 Å². The smallest absolute Gasteiger partial charge is 0.338 e. The Bertz CT molecular complexity index is 311. The predicted molar refractivity (Wildman–Crippen MR) is 54.5 cm³/mol. The zero-order chi connectivity index (χ0) is 10.6. The van der Waals surface area contributed by atoms with Crippen LogP contribution < -0.4 is 5.32 Å². The van der Waals surface area contributed by atoms with Gasteiger partial charge in [-0.2, -0.15) is 0 Å². The molecule has 1 aromatic heterocycles. The Hall–Kier alpha value is -0.910. The molecule has 2 N–H and O–H groups in total. The van der Waals surface area contributed by atoms with Crippen molar-refractivity contribution >= 4 is 17.3 Å². The number of hydrogen-bond acceptors (Lipinski definition) is 5. The van der Waals surface area contributed by atoms with E-state index in [9.17, 15) is 9.90 Å². The number of carbonyl (C=O) groups excluding carboxylic acids is 1. The van der Waals surface area contributed by atoms with Crippen molar-refractivity contribution in [2.24, 2.45) is 0 Å². The first-order valence-electron chi connectivity index (χ1n) is 4.18. The average molecular weight is 215 g/mol. The molecule has 14 heavy (non-hydrogen) atoms. The number of carbonyl (C=O) groups is 1. The third-order valence-corrected chi connectivity index (χ3v) is 2.80. The van der Waals surface area contributed by atoms with Crippen LogP contribution in [0.4, 0.5) is 0 Å². The van der Waals surface area contributed by atoms with Crippen molar-refractivity contribution in [1.29, 1.82) is 0 Å². The van der Waals surface area contributed by atoms with E-state index in [1.54, 1.807) is 18.5 Å². The number of aliphatic hydroxyl groups is 1. The third-order valence-electron chi connectivity index (χ3n) is 1.77. The first-order valence-corrected chi connectivity index (χ1v) is 5.06. The number of ether oxygens (including phenoxy) is 1. The second kappa shape index (κ2) is 5.09. The van der Waals surface area contributed by atoms with Crippen molar-refractivity contribution in [2.45, 2.75) is 6.10 Å². The first-order chi connectivity index (χ1) is 6.69. The summed E-state index contributed by atoms with van der Waals surface area (Å²) in [6, 6.07) is 1.65. The Labute approximate surface area is 86.5 Å². The molecule has 1 heterocycles. The van der Waals surface area contributed by atoms with E-state index < -0.39 is 6.10 Å². The lowest BCUT2D eigenvalue weighted by Gasteiger charge is -2.05. The minimum absolute atomic E-state index is 0.371. The topological polar surface area (TPSA) is 58.6 Å². The minimum Gasteiger partial charge on any atom is -0.465 e. The van der Waals surface area contributed by atoms with Gasteiger partial charge in [-0.15, -0.1) is 11.3 Å². The fraction of sp³-hybridized carbons (Fsp3) is 0.444. The van der Waals surface area contributed by atoms with Gasteiger partial charge < -0.3 is 15.2 Å². The number of nitrogens with one attached hydrogen (secondary N) is 1. The lowest BCUT2D eigenvalue weighted by atomic mass is 10.2. The maximum Gasteiger partial charge on any atom is 0.338 e. The zero-order valence-corrected chi connectivity index (χ0v) is 8.93. The van der Waals surface area contributed by atoms with E-state index in [4.69, 9.17) is 0 Å². The van der Waals surface area contributed by atoms with Gasteiger partial charge in [0.25, 0.3) is 0 Å². The number of hydrogen-bond donors (Lipinski definition) is 2. The maximum absolute atomic E-state index is 11.1. The van der Waals surface area contributed by atoms with Crippen LogP contribution in [0.15, 0.2) is 11.4 Å². The molecule has 1 rings (SSSR count). The first kappa shape index (κ1) is 11.2. The van der Waals surface area contributed by atoms with E-state index in [2.05, 4.69) is 10.1 Å². The van der Waals surface area contributed by atoms with Crippen LogP contribution in [-0.4, -0.2) is 31.8 Å². The summed E-state index contributed by atoms with van der Waals surface area (Å²) < 4.78 is 4.56. The SMILES string of the molecule is CNCC(O)c1cc(C(=O)OC)cs1. The number of likely N-dealkylation sites (N-methyl/N-ethyl adjacent to an activating group) is 1. The highest BCUT2D eigenvalue weighted by Crippen LogP contribution is 2.22. The average Bonchev–Trinajstić information content (AvgIpc) is 2.66. The second-order valence-corrected chi connectivity index (χ2v) is 3.75. The summed E-state index contributed by atoms with van der Waals surface area (Å²) in [5.74, 6) is -0.371. The third kappa shape index (κ3) is 2.54.